The van der Waals surface area contributed by atoms with E-state index in [4.69, 9.17) is 9.47 Å². The molecule has 0 aromatic heterocycles. The molecule has 4 aliphatic carbocycles. The average Bonchev–Trinajstić information content (AvgIpc) is 1.74. The Bertz CT molecular complexity index is 3330. The molecule has 2 unspecified atom stereocenters. The lowest BCUT2D eigenvalue weighted by Crippen LogP contribution is -2.68. The van der Waals surface area contributed by atoms with Gasteiger partial charge in [-0.1, -0.05) is 59.8 Å². The third-order valence-corrected chi connectivity index (χ3v) is 25.2. The molecule has 8 rings (SSSR count). The summed E-state index contributed by atoms with van der Waals surface area (Å²) < 4.78 is 155. The number of hydrogen-bond donors (Lipinski definition) is 3. The van der Waals surface area contributed by atoms with E-state index in [1.165, 1.54) is 57.0 Å². The summed E-state index contributed by atoms with van der Waals surface area (Å²) in [5.41, 5.74) is -1.83. The number of carbonyl (C=O) groups is 12. The van der Waals surface area contributed by atoms with E-state index in [1.54, 1.807) is 27.7 Å². The third-order valence-electron chi connectivity index (χ3n) is 25.2. The Hall–Kier alpha value is -7.14. The Morgan fingerprint density at radius 1 is 0.602 bits per heavy atom. The number of morpholine rings is 1. The molecule has 4 aliphatic heterocycles. The molecule has 0 aromatic rings. The van der Waals surface area contributed by atoms with Crippen molar-refractivity contribution in [3.05, 3.63) is 0 Å². The standard InChI is InChI=1S/C77H118F10N12O14/c1-11-45(4)64-72(109)92(6)42-62(102)93(7)54-20-13-12-16-29-98(71(54)108)58(37-46-21-24-49(25-22-46)76(82,83)84)69(106)91(5)41-60(100)88-53(26-23-47-35-51(78)63(52(79)36-47)77(85,86)87)68(105)99-40-50(113-43-59(80)81)38-56(99)67(104)90-75(27-17-28-75)74(111)96(10)65(48-18-14-15-19-48)73(110)95(9)57(70(107)97-30-32-112-33-31-97)39-61(101)94(8)55(34-44(2)3)66(103)89-64/h44-59,63-65H,11-43H2,1-10H3,(H,88,100)(H,89,103)(H,90,104)/t45-,46?,47?,49?,50+,51?,52?,53-,54-,55-,56-,57-,58-,63?,64-,65-/m0/s1. The molecule has 8 aliphatic rings. The lowest BCUT2D eigenvalue weighted by atomic mass is 9.74. The molecule has 36 heteroatoms. The van der Waals surface area contributed by atoms with Crippen LogP contribution in [-0.2, 0) is 67.0 Å². The molecule has 3 N–H and O–H groups in total. The van der Waals surface area contributed by atoms with Crippen molar-refractivity contribution in [3.8, 4) is 0 Å². The van der Waals surface area contributed by atoms with Crippen molar-refractivity contribution in [2.24, 2.45) is 41.4 Å². The summed E-state index contributed by atoms with van der Waals surface area (Å²) in [6, 6.07) is -12.0. The average molecular weight is 1630 g/mol. The van der Waals surface area contributed by atoms with Crippen LogP contribution in [0.2, 0.25) is 0 Å². The summed E-state index contributed by atoms with van der Waals surface area (Å²) in [7, 11) is 7.87. The first kappa shape index (κ1) is 91.4. The van der Waals surface area contributed by atoms with Gasteiger partial charge in [0, 0.05) is 74.9 Å². The summed E-state index contributed by atoms with van der Waals surface area (Å²) in [4.78, 5) is 193. The number of nitrogens with one attached hydrogen (secondary N) is 3. The highest BCUT2D eigenvalue weighted by atomic mass is 19.4. The molecule has 0 radical (unpaired) electrons. The molecule has 8 fully saturated rings. The molecule has 2 bridgehead atoms. The van der Waals surface area contributed by atoms with Crippen molar-refractivity contribution >= 4 is 70.9 Å². The molecule has 113 heavy (non-hydrogen) atoms. The quantitative estimate of drug-likeness (QED) is 0.155. The first-order chi connectivity index (χ1) is 53.1. The molecule has 4 saturated heterocycles. The van der Waals surface area contributed by atoms with Gasteiger partial charge in [-0.05, 0) is 139 Å². The molecular weight excluding hydrogens is 1510 g/mol. The van der Waals surface area contributed by atoms with E-state index in [-0.39, 0.29) is 96.6 Å². The van der Waals surface area contributed by atoms with Crippen LogP contribution in [0.5, 0.6) is 0 Å². The van der Waals surface area contributed by atoms with Crippen molar-refractivity contribution < 1.29 is 111 Å². The Morgan fingerprint density at radius 3 is 1.80 bits per heavy atom. The van der Waals surface area contributed by atoms with Crippen LogP contribution >= 0.6 is 0 Å². The number of nitrogens with zero attached hydrogens (tertiary/aromatic N) is 9. The second-order valence-electron chi connectivity index (χ2n) is 33.5. The predicted molar refractivity (Wildman–Crippen MR) is 390 cm³/mol. The van der Waals surface area contributed by atoms with Gasteiger partial charge in [-0.15, -0.1) is 0 Å². The molecule has 26 nitrogen and oxygen atoms in total. The summed E-state index contributed by atoms with van der Waals surface area (Å²) in [6.07, 6.45) is -20.6. The number of hydrogen-bond acceptors (Lipinski definition) is 14. The number of carbonyl (C=O) groups excluding carboxylic acids is 12. The van der Waals surface area contributed by atoms with E-state index in [9.17, 15) is 49.5 Å². The second-order valence-corrected chi connectivity index (χ2v) is 33.5. The Morgan fingerprint density at radius 2 is 1.22 bits per heavy atom. The maximum Gasteiger partial charge on any atom is 0.397 e. The molecule has 12 atom stereocenters. The van der Waals surface area contributed by atoms with Crippen LogP contribution in [0, 0.1) is 41.4 Å². The molecule has 12 amide bonds. The fraction of sp³-hybridized carbons (Fsp3) is 0.844. The first-order valence-electron chi connectivity index (χ1n) is 40.3. The van der Waals surface area contributed by atoms with Crippen LogP contribution in [0.25, 0.3) is 0 Å². The van der Waals surface area contributed by atoms with Gasteiger partial charge in [-0.2, -0.15) is 26.3 Å². The zero-order chi connectivity index (χ0) is 83.5. The number of rotatable bonds is 14. The number of amides is 12. The SMILES string of the molecule is CC[C@H](C)[C@@H]1NC(=O)[C@H](CC(C)C)N(C)C(=O)C[C@@H](C(=O)N2CCOCC2)N(C)C(=O)[C@H](C2CCCC2)N(C)C(=O)C2(CCC2)NC(=O)[C@@H]2C[C@@H](OCC(F)F)CN2C(=O)[C@H](CCC2CC(F)C(C(F)(F)F)C(F)C2)NC(=O)CN(C)C(=O)[C@H](CC2CCC(C(F)(F)F)CC2)N2CCCCC[C@@H](C2=O)N(C)C(=O)CN(C)C1=O. The highest BCUT2D eigenvalue weighted by molar-refractivity contribution is 6.01. The van der Waals surface area contributed by atoms with Crippen molar-refractivity contribution in [2.45, 2.75) is 273 Å². The summed E-state index contributed by atoms with van der Waals surface area (Å²) >= 11 is 0. The Kier molecular flexibility index (Phi) is 32.1. The smallest absolute Gasteiger partial charge is 0.378 e. The van der Waals surface area contributed by atoms with Crippen molar-refractivity contribution in [2.75, 3.05) is 101 Å². The van der Waals surface area contributed by atoms with E-state index in [1.807, 2.05) is 0 Å². The highest BCUT2D eigenvalue weighted by Crippen LogP contribution is 2.46. The van der Waals surface area contributed by atoms with Gasteiger partial charge in [-0.25, -0.2) is 17.6 Å². The zero-order valence-electron chi connectivity index (χ0n) is 66.8. The van der Waals surface area contributed by atoms with Gasteiger partial charge >= 0.3 is 12.4 Å². The van der Waals surface area contributed by atoms with E-state index >= 15 is 51.9 Å². The number of fused-ring (bicyclic) bond motifs is 3. The first-order valence-corrected chi connectivity index (χ1v) is 40.3. The Labute approximate surface area is 655 Å². The van der Waals surface area contributed by atoms with Crippen LogP contribution in [0.1, 0.15) is 182 Å². The number of halogens is 10. The number of ether oxygens (including phenoxy) is 2. The minimum atomic E-state index is -5.27. The van der Waals surface area contributed by atoms with Crippen LogP contribution in [0.3, 0.4) is 0 Å². The largest absolute Gasteiger partial charge is 0.397 e. The minimum absolute atomic E-state index is 0.0264. The molecule has 4 saturated carbocycles. The lowest BCUT2D eigenvalue weighted by molar-refractivity contribution is -0.219. The van der Waals surface area contributed by atoms with E-state index < -0.39 is 262 Å². The van der Waals surface area contributed by atoms with Gasteiger partial charge in [-0.3, -0.25) is 57.5 Å². The van der Waals surface area contributed by atoms with Crippen LogP contribution in [0.15, 0.2) is 0 Å². The number of likely N-dealkylation sites (N-methyl/N-ethyl adjacent to an activating group) is 6. The highest BCUT2D eigenvalue weighted by Gasteiger charge is 2.57. The molecular formula is C77H118F10N12O14. The van der Waals surface area contributed by atoms with E-state index in [2.05, 4.69) is 16.0 Å². The summed E-state index contributed by atoms with van der Waals surface area (Å²) in [5.74, 6) is -18.0. The monoisotopic (exact) mass is 1620 g/mol. The molecule has 640 valence electrons. The van der Waals surface area contributed by atoms with Crippen LogP contribution < -0.4 is 16.0 Å². The normalized spacial score (nSPS) is 31.9. The molecule has 4 heterocycles. The van der Waals surface area contributed by atoms with Crippen LogP contribution in [-0.4, -0.2) is 307 Å². The van der Waals surface area contributed by atoms with Gasteiger partial charge in [0.25, 0.3) is 6.43 Å². The fourth-order valence-electron chi connectivity index (χ4n) is 18.0. The predicted octanol–water partition coefficient (Wildman–Crippen LogP) is 6.59. The Balaban J connectivity index is 1.22. The van der Waals surface area contributed by atoms with Crippen molar-refractivity contribution in [1.82, 2.24) is 60.0 Å². The maximum absolute atomic E-state index is 15.7. The van der Waals surface area contributed by atoms with Crippen molar-refractivity contribution in [1.29, 1.82) is 0 Å². The topological polar surface area (TPSA) is 289 Å². The van der Waals surface area contributed by atoms with Crippen LogP contribution in [0.4, 0.5) is 43.9 Å². The van der Waals surface area contributed by atoms with Gasteiger partial charge < -0.3 is 69.5 Å². The minimum Gasteiger partial charge on any atom is -0.378 e. The van der Waals surface area contributed by atoms with Crippen molar-refractivity contribution in [3.63, 3.8) is 0 Å². The second kappa shape index (κ2) is 39.7. The van der Waals surface area contributed by atoms with Gasteiger partial charge in [0.2, 0.25) is 70.9 Å². The molecule has 1 spiro atoms. The maximum atomic E-state index is 15.7. The summed E-state index contributed by atoms with van der Waals surface area (Å²) in [6.45, 7) is 3.90. The molecule has 0 aromatic carbocycles. The van der Waals surface area contributed by atoms with Gasteiger partial charge in [0.05, 0.1) is 44.7 Å². The third kappa shape index (κ3) is 22.7. The number of alkyl halides is 10. The summed E-state index contributed by atoms with van der Waals surface area (Å²) in [5, 5.41) is 8.22. The van der Waals surface area contributed by atoms with E-state index in [0.717, 1.165) is 29.4 Å². The fourth-order valence-corrected chi connectivity index (χ4v) is 18.0. The van der Waals surface area contributed by atoms with E-state index in [0.29, 0.717) is 57.8 Å². The van der Waals surface area contributed by atoms with Gasteiger partial charge in [0.1, 0.15) is 78.7 Å². The lowest BCUT2D eigenvalue weighted by Gasteiger charge is -2.47. The van der Waals surface area contributed by atoms with Gasteiger partial charge in [0.15, 0.2) is 0 Å². The zero-order valence-corrected chi connectivity index (χ0v) is 66.8.